The van der Waals surface area contributed by atoms with Crippen LogP contribution in [0.15, 0.2) is 18.3 Å². The monoisotopic (exact) mass is 269 g/mol. The Morgan fingerprint density at radius 1 is 1.39 bits per heavy atom. The molecule has 1 amide bonds. The lowest BCUT2D eigenvalue weighted by atomic mass is 10.1. The van der Waals surface area contributed by atoms with Gasteiger partial charge in [-0.2, -0.15) is 0 Å². The average molecular weight is 269 g/mol. The first-order valence-corrected chi connectivity index (χ1v) is 7.52. The van der Waals surface area contributed by atoms with Crippen molar-refractivity contribution in [3.63, 3.8) is 0 Å². The molecule has 0 spiro atoms. The van der Waals surface area contributed by atoms with Gasteiger partial charge in [0.05, 0.1) is 17.1 Å². The van der Waals surface area contributed by atoms with E-state index in [1.807, 2.05) is 0 Å². The molecule has 7 heteroatoms. The van der Waals surface area contributed by atoms with Crippen molar-refractivity contribution < 1.29 is 13.2 Å². The third-order valence-electron chi connectivity index (χ3n) is 2.97. The summed E-state index contributed by atoms with van der Waals surface area (Å²) in [7, 11) is -2.89. The molecule has 1 saturated heterocycles. The lowest BCUT2D eigenvalue weighted by Gasteiger charge is -2.24. The van der Waals surface area contributed by atoms with Crippen LogP contribution in [0.4, 0.5) is 5.82 Å². The second-order valence-corrected chi connectivity index (χ2v) is 6.64. The van der Waals surface area contributed by atoms with Crippen molar-refractivity contribution in [2.75, 3.05) is 16.8 Å². The zero-order valence-corrected chi connectivity index (χ0v) is 10.6. The molecule has 1 aliphatic heterocycles. The predicted octanol–water partition coefficient (Wildman–Crippen LogP) is 0.170. The molecule has 3 N–H and O–H groups in total. The zero-order chi connectivity index (χ0) is 13.2. The second kappa shape index (κ2) is 4.93. The molecule has 6 nitrogen and oxygen atoms in total. The molecule has 1 aromatic rings. The number of hydrogen-bond acceptors (Lipinski definition) is 5. The molecule has 1 fully saturated rings. The Morgan fingerprint density at radius 3 is 2.67 bits per heavy atom. The van der Waals surface area contributed by atoms with Crippen molar-refractivity contribution in [1.82, 2.24) is 4.98 Å². The van der Waals surface area contributed by atoms with Crippen molar-refractivity contribution in [1.29, 1.82) is 0 Å². The minimum atomic E-state index is -2.89. The summed E-state index contributed by atoms with van der Waals surface area (Å²) in [4.78, 5) is 15.3. The fourth-order valence-corrected chi connectivity index (χ4v) is 3.44. The molecule has 0 bridgehead atoms. The van der Waals surface area contributed by atoms with Crippen LogP contribution >= 0.6 is 0 Å². The van der Waals surface area contributed by atoms with E-state index in [0.29, 0.717) is 24.2 Å². The number of anilines is 1. The normalized spacial score (nSPS) is 19.3. The molecule has 18 heavy (non-hydrogen) atoms. The van der Waals surface area contributed by atoms with Crippen LogP contribution < -0.4 is 11.1 Å². The van der Waals surface area contributed by atoms with Gasteiger partial charge < -0.3 is 11.1 Å². The number of nitrogens with one attached hydrogen (secondary N) is 1. The Balaban J connectivity index is 2.09. The van der Waals surface area contributed by atoms with E-state index in [4.69, 9.17) is 5.73 Å². The fraction of sp³-hybridized carbons (Fsp3) is 0.455. The highest BCUT2D eigenvalue weighted by Crippen LogP contribution is 2.18. The van der Waals surface area contributed by atoms with Gasteiger partial charge in [0.15, 0.2) is 0 Å². The average Bonchev–Trinajstić information content (AvgIpc) is 2.32. The van der Waals surface area contributed by atoms with Gasteiger partial charge >= 0.3 is 0 Å². The predicted molar refractivity (Wildman–Crippen MR) is 68.1 cm³/mol. The highest BCUT2D eigenvalue weighted by molar-refractivity contribution is 7.91. The number of aromatic nitrogens is 1. The molecular formula is C11H15N3O3S. The van der Waals surface area contributed by atoms with Crippen LogP contribution in [0.2, 0.25) is 0 Å². The van der Waals surface area contributed by atoms with E-state index in [1.54, 1.807) is 18.3 Å². The van der Waals surface area contributed by atoms with Gasteiger partial charge in [-0.3, -0.25) is 4.79 Å². The first-order chi connectivity index (χ1) is 8.48. The molecular weight excluding hydrogens is 254 g/mol. The van der Waals surface area contributed by atoms with E-state index in [2.05, 4.69) is 10.3 Å². The number of nitrogens with two attached hydrogens (primary N) is 1. The van der Waals surface area contributed by atoms with Crippen molar-refractivity contribution in [2.24, 2.45) is 5.73 Å². The number of rotatable bonds is 3. The number of amides is 1. The molecule has 2 heterocycles. The SMILES string of the molecule is NC(=O)c1cccnc1NC1CCS(=O)(=O)CC1. The third-order valence-corrected chi connectivity index (χ3v) is 4.68. The van der Waals surface area contributed by atoms with E-state index in [0.717, 1.165) is 0 Å². The maximum absolute atomic E-state index is 11.3. The number of pyridine rings is 1. The van der Waals surface area contributed by atoms with Crippen molar-refractivity contribution >= 4 is 21.6 Å². The molecule has 1 aromatic heterocycles. The number of sulfone groups is 1. The Morgan fingerprint density at radius 2 is 2.06 bits per heavy atom. The number of hydrogen-bond donors (Lipinski definition) is 2. The van der Waals surface area contributed by atoms with Crippen LogP contribution in [0.1, 0.15) is 23.2 Å². The van der Waals surface area contributed by atoms with Gasteiger partial charge in [0.1, 0.15) is 15.7 Å². The molecule has 0 saturated carbocycles. The molecule has 0 atom stereocenters. The van der Waals surface area contributed by atoms with E-state index in [9.17, 15) is 13.2 Å². The van der Waals surface area contributed by atoms with Crippen LogP contribution in [0.5, 0.6) is 0 Å². The summed E-state index contributed by atoms with van der Waals surface area (Å²) in [5.74, 6) is 0.218. The summed E-state index contributed by atoms with van der Waals surface area (Å²) < 4.78 is 22.6. The van der Waals surface area contributed by atoms with E-state index in [1.165, 1.54) is 0 Å². The van der Waals surface area contributed by atoms with Gasteiger partial charge in [0.25, 0.3) is 5.91 Å². The van der Waals surface area contributed by atoms with Gasteiger partial charge in [-0.15, -0.1) is 0 Å². The molecule has 0 unspecified atom stereocenters. The Bertz CT molecular complexity index is 542. The van der Waals surface area contributed by atoms with Crippen LogP contribution in [0.25, 0.3) is 0 Å². The van der Waals surface area contributed by atoms with Gasteiger partial charge in [0, 0.05) is 12.2 Å². The summed E-state index contributed by atoms with van der Waals surface area (Å²) in [6, 6.07) is 3.25. The van der Waals surface area contributed by atoms with Crippen molar-refractivity contribution in [2.45, 2.75) is 18.9 Å². The first-order valence-electron chi connectivity index (χ1n) is 5.70. The van der Waals surface area contributed by atoms with Gasteiger partial charge in [-0.1, -0.05) is 0 Å². The van der Waals surface area contributed by atoms with Crippen LogP contribution in [0, 0.1) is 0 Å². The smallest absolute Gasteiger partial charge is 0.252 e. The number of carbonyl (C=O) groups excluding carboxylic acids is 1. The highest BCUT2D eigenvalue weighted by atomic mass is 32.2. The summed E-state index contributed by atoms with van der Waals surface area (Å²) in [6.07, 6.45) is 2.61. The largest absolute Gasteiger partial charge is 0.367 e. The lowest BCUT2D eigenvalue weighted by Crippen LogP contribution is -2.33. The molecule has 98 valence electrons. The standard InChI is InChI=1S/C11H15N3O3S/c12-10(15)9-2-1-5-13-11(9)14-8-3-6-18(16,17)7-4-8/h1-2,5,8H,3-4,6-7H2,(H2,12,15)(H,13,14). The summed E-state index contributed by atoms with van der Waals surface area (Å²) in [6.45, 7) is 0. The number of primary amides is 1. The molecule has 1 aliphatic rings. The molecule has 0 aliphatic carbocycles. The van der Waals surface area contributed by atoms with Crippen molar-refractivity contribution in [3.05, 3.63) is 23.9 Å². The summed E-state index contributed by atoms with van der Waals surface area (Å²) >= 11 is 0. The van der Waals surface area contributed by atoms with E-state index >= 15 is 0 Å². The first kappa shape index (κ1) is 12.8. The second-order valence-electron chi connectivity index (χ2n) is 4.33. The zero-order valence-electron chi connectivity index (χ0n) is 9.80. The maximum Gasteiger partial charge on any atom is 0.252 e. The van der Waals surface area contributed by atoms with Crippen LogP contribution in [-0.4, -0.2) is 36.9 Å². The van der Waals surface area contributed by atoms with Gasteiger partial charge in [-0.05, 0) is 25.0 Å². The molecule has 0 aromatic carbocycles. The third kappa shape index (κ3) is 2.98. The minimum Gasteiger partial charge on any atom is -0.367 e. The van der Waals surface area contributed by atoms with E-state index < -0.39 is 15.7 Å². The fourth-order valence-electron chi connectivity index (χ4n) is 1.95. The van der Waals surface area contributed by atoms with Crippen LogP contribution in [0.3, 0.4) is 0 Å². The van der Waals surface area contributed by atoms with Crippen LogP contribution in [-0.2, 0) is 9.84 Å². The topological polar surface area (TPSA) is 102 Å². The Labute approximate surface area is 106 Å². The highest BCUT2D eigenvalue weighted by Gasteiger charge is 2.24. The number of carbonyl (C=O) groups is 1. The Hall–Kier alpha value is -1.63. The maximum atomic E-state index is 11.3. The molecule has 2 rings (SSSR count). The van der Waals surface area contributed by atoms with E-state index in [-0.39, 0.29) is 17.5 Å². The Kier molecular flexibility index (Phi) is 3.51. The quantitative estimate of drug-likeness (QED) is 0.814. The summed E-state index contributed by atoms with van der Waals surface area (Å²) in [5.41, 5.74) is 5.57. The van der Waals surface area contributed by atoms with Crippen molar-refractivity contribution in [3.8, 4) is 0 Å². The van der Waals surface area contributed by atoms with Gasteiger partial charge in [-0.25, -0.2) is 13.4 Å². The summed E-state index contributed by atoms with van der Waals surface area (Å²) in [5, 5.41) is 3.09. The lowest BCUT2D eigenvalue weighted by molar-refractivity contribution is 0.100. The van der Waals surface area contributed by atoms with Gasteiger partial charge in [0.2, 0.25) is 0 Å². The number of nitrogens with zero attached hydrogens (tertiary/aromatic N) is 1. The minimum absolute atomic E-state index is 0.0153. The molecule has 0 radical (unpaired) electrons.